The lowest BCUT2D eigenvalue weighted by molar-refractivity contribution is -0.139. The van der Waals surface area contributed by atoms with Crippen molar-refractivity contribution in [3.05, 3.63) is 61.7 Å². The van der Waals surface area contributed by atoms with E-state index in [9.17, 15) is 9.59 Å². The van der Waals surface area contributed by atoms with Crippen LogP contribution in [0.5, 0.6) is 11.5 Å². The molecule has 6 nitrogen and oxygen atoms in total. The number of fused-ring (bicyclic) bond motifs is 1. The topological polar surface area (TPSA) is 71.1 Å². The largest absolute Gasteiger partial charge is 0.490 e. The van der Waals surface area contributed by atoms with Crippen LogP contribution in [0.25, 0.3) is 10.8 Å². The van der Waals surface area contributed by atoms with E-state index < -0.39 is 11.9 Å². The van der Waals surface area contributed by atoms with Gasteiger partial charge in [0.1, 0.15) is 37.9 Å². The predicted molar refractivity (Wildman–Crippen MR) is 97.3 cm³/mol. The molecule has 0 heterocycles. The maximum absolute atomic E-state index is 10.9. The molecule has 2 aromatic rings. The second kappa shape index (κ2) is 9.88. The molecule has 26 heavy (non-hydrogen) atoms. The lowest BCUT2D eigenvalue weighted by Gasteiger charge is -2.09. The normalized spacial score (nSPS) is 10.0. The summed E-state index contributed by atoms with van der Waals surface area (Å²) in [4.78, 5) is 21.9. The maximum Gasteiger partial charge on any atom is 0.330 e. The van der Waals surface area contributed by atoms with Crippen LogP contribution in [0.4, 0.5) is 0 Å². The van der Waals surface area contributed by atoms with Crippen LogP contribution in [0.2, 0.25) is 0 Å². The Labute approximate surface area is 151 Å². The van der Waals surface area contributed by atoms with Gasteiger partial charge in [0, 0.05) is 12.2 Å². The Morgan fingerprint density at radius 3 is 1.54 bits per heavy atom. The average molecular weight is 356 g/mol. The molecule has 0 spiro atoms. The van der Waals surface area contributed by atoms with Gasteiger partial charge in [0.2, 0.25) is 0 Å². The van der Waals surface area contributed by atoms with E-state index in [-0.39, 0.29) is 26.4 Å². The van der Waals surface area contributed by atoms with Crippen LogP contribution < -0.4 is 9.47 Å². The van der Waals surface area contributed by atoms with Crippen LogP contribution in [0.15, 0.2) is 61.7 Å². The molecule has 0 bridgehead atoms. The molecule has 0 saturated carbocycles. The third-order valence-electron chi connectivity index (χ3n) is 3.31. The quantitative estimate of drug-likeness (QED) is 0.370. The SMILES string of the molecule is C=CC(=O)OCCOc1ccc2cc(OCCOC(=O)C=C)ccc2c1. The second-order valence-electron chi connectivity index (χ2n) is 5.11. The van der Waals surface area contributed by atoms with Crippen LogP contribution in [0.1, 0.15) is 0 Å². The summed E-state index contributed by atoms with van der Waals surface area (Å²) in [7, 11) is 0. The molecule has 0 fully saturated rings. The predicted octanol–water partition coefficient (Wildman–Crippen LogP) is 3.06. The minimum Gasteiger partial charge on any atom is -0.490 e. The van der Waals surface area contributed by atoms with Gasteiger partial charge in [-0.2, -0.15) is 0 Å². The van der Waals surface area contributed by atoms with Crippen LogP contribution in [0.3, 0.4) is 0 Å². The standard InChI is InChI=1S/C20H20O6/c1-3-19(21)25-11-9-23-17-7-5-16-14-18(8-6-15(16)13-17)24-10-12-26-20(22)4-2/h3-8,13-14H,1-2,9-12H2. The molecule has 0 amide bonds. The van der Waals surface area contributed by atoms with E-state index in [1.54, 1.807) is 0 Å². The van der Waals surface area contributed by atoms with E-state index >= 15 is 0 Å². The van der Waals surface area contributed by atoms with Crippen LogP contribution in [-0.2, 0) is 19.1 Å². The average Bonchev–Trinajstić information content (AvgIpc) is 2.67. The lowest BCUT2D eigenvalue weighted by atomic mass is 10.1. The molecule has 136 valence electrons. The van der Waals surface area contributed by atoms with Gasteiger partial charge < -0.3 is 18.9 Å². The van der Waals surface area contributed by atoms with Crippen molar-refractivity contribution >= 4 is 22.7 Å². The molecule has 0 unspecified atom stereocenters. The van der Waals surface area contributed by atoms with Crippen LogP contribution in [0, 0.1) is 0 Å². The van der Waals surface area contributed by atoms with Crippen molar-refractivity contribution in [2.75, 3.05) is 26.4 Å². The van der Waals surface area contributed by atoms with Crippen LogP contribution >= 0.6 is 0 Å². The van der Waals surface area contributed by atoms with E-state index in [1.165, 1.54) is 0 Å². The number of carbonyl (C=O) groups is 2. The van der Waals surface area contributed by atoms with E-state index in [1.807, 2.05) is 36.4 Å². The Bertz CT molecular complexity index is 729. The first-order valence-electron chi connectivity index (χ1n) is 8.00. The third-order valence-corrected chi connectivity index (χ3v) is 3.31. The van der Waals surface area contributed by atoms with Gasteiger partial charge in [0.05, 0.1) is 0 Å². The summed E-state index contributed by atoms with van der Waals surface area (Å²) in [6, 6.07) is 11.2. The summed E-state index contributed by atoms with van der Waals surface area (Å²) in [5, 5.41) is 1.96. The van der Waals surface area contributed by atoms with Gasteiger partial charge in [-0.15, -0.1) is 0 Å². The van der Waals surface area contributed by atoms with Crippen molar-refractivity contribution in [2.24, 2.45) is 0 Å². The fourth-order valence-corrected chi connectivity index (χ4v) is 2.10. The molecule has 6 heteroatoms. The summed E-state index contributed by atoms with van der Waals surface area (Å²) in [5.74, 6) is 0.409. The highest BCUT2D eigenvalue weighted by Gasteiger charge is 2.02. The Kier molecular flexibility index (Phi) is 7.24. The highest BCUT2D eigenvalue weighted by molar-refractivity contribution is 5.85. The summed E-state index contributed by atoms with van der Waals surface area (Å²) in [5.41, 5.74) is 0. The van der Waals surface area contributed by atoms with E-state index in [0.29, 0.717) is 11.5 Å². The van der Waals surface area contributed by atoms with Gasteiger partial charge in [-0.05, 0) is 35.0 Å². The van der Waals surface area contributed by atoms with Crippen LogP contribution in [-0.4, -0.2) is 38.4 Å². The molecule has 0 N–H and O–H groups in total. The zero-order chi connectivity index (χ0) is 18.8. The van der Waals surface area contributed by atoms with Crippen molar-refractivity contribution in [1.82, 2.24) is 0 Å². The minimum atomic E-state index is -0.473. The summed E-state index contributed by atoms with van der Waals surface area (Å²) >= 11 is 0. The molecular weight excluding hydrogens is 336 g/mol. The molecule has 0 atom stereocenters. The Morgan fingerprint density at radius 2 is 1.15 bits per heavy atom. The van der Waals surface area contributed by atoms with Crippen molar-refractivity contribution in [3.8, 4) is 11.5 Å². The number of rotatable bonds is 10. The molecule has 0 radical (unpaired) electrons. The highest BCUT2D eigenvalue weighted by atomic mass is 16.6. The molecular formula is C20H20O6. The minimum absolute atomic E-state index is 0.159. The van der Waals surface area contributed by atoms with Gasteiger partial charge in [0.25, 0.3) is 0 Å². The van der Waals surface area contributed by atoms with E-state index in [2.05, 4.69) is 13.2 Å². The zero-order valence-corrected chi connectivity index (χ0v) is 14.3. The number of carbonyl (C=O) groups excluding carboxylic acids is 2. The highest BCUT2D eigenvalue weighted by Crippen LogP contribution is 2.25. The fraction of sp³-hybridized carbons (Fsp3) is 0.200. The van der Waals surface area contributed by atoms with Gasteiger partial charge in [-0.25, -0.2) is 9.59 Å². The summed E-state index contributed by atoms with van der Waals surface area (Å²) in [6.07, 6.45) is 2.22. The Morgan fingerprint density at radius 1 is 0.731 bits per heavy atom. The van der Waals surface area contributed by atoms with Crippen molar-refractivity contribution in [3.63, 3.8) is 0 Å². The fourth-order valence-electron chi connectivity index (χ4n) is 2.10. The Balaban J connectivity index is 1.86. The molecule has 0 aromatic heterocycles. The zero-order valence-electron chi connectivity index (χ0n) is 14.3. The molecule has 2 aromatic carbocycles. The molecule has 0 aliphatic heterocycles. The summed E-state index contributed by atoms with van der Waals surface area (Å²) < 4.78 is 20.8. The maximum atomic E-state index is 10.9. The smallest absolute Gasteiger partial charge is 0.330 e. The third kappa shape index (κ3) is 5.98. The second-order valence-corrected chi connectivity index (χ2v) is 5.11. The van der Waals surface area contributed by atoms with Crippen molar-refractivity contribution < 1.29 is 28.5 Å². The van der Waals surface area contributed by atoms with Crippen molar-refractivity contribution in [1.29, 1.82) is 0 Å². The number of ether oxygens (including phenoxy) is 4. The van der Waals surface area contributed by atoms with E-state index in [4.69, 9.17) is 18.9 Å². The molecule has 0 saturated heterocycles. The number of benzene rings is 2. The van der Waals surface area contributed by atoms with Gasteiger partial charge in [-0.1, -0.05) is 25.3 Å². The van der Waals surface area contributed by atoms with Gasteiger partial charge in [0.15, 0.2) is 0 Å². The number of esters is 2. The first kappa shape index (κ1) is 19.1. The molecule has 2 rings (SSSR count). The molecule has 0 aliphatic rings. The first-order chi connectivity index (χ1) is 12.6. The number of hydrogen-bond donors (Lipinski definition) is 0. The van der Waals surface area contributed by atoms with E-state index in [0.717, 1.165) is 22.9 Å². The first-order valence-corrected chi connectivity index (χ1v) is 8.00. The van der Waals surface area contributed by atoms with Gasteiger partial charge >= 0.3 is 11.9 Å². The Hall–Kier alpha value is -3.28. The molecule has 0 aliphatic carbocycles. The number of hydrogen-bond acceptors (Lipinski definition) is 6. The monoisotopic (exact) mass is 356 g/mol. The van der Waals surface area contributed by atoms with Crippen molar-refractivity contribution in [2.45, 2.75) is 0 Å². The van der Waals surface area contributed by atoms with Gasteiger partial charge in [-0.3, -0.25) is 0 Å². The summed E-state index contributed by atoms with van der Waals surface area (Å²) in [6.45, 7) is 7.48. The lowest BCUT2D eigenvalue weighted by Crippen LogP contribution is -2.10.